The van der Waals surface area contributed by atoms with Crippen LogP contribution in [0.5, 0.6) is 0 Å². The Kier molecular flexibility index (Phi) is 4.86. The van der Waals surface area contributed by atoms with Gasteiger partial charge >= 0.3 is 0 Å². The van der Waals surface area contributed by atoms with E-state index >= 15 is 0 Å². The van der Waals surface area contributed by atoms with Gasteiger partial charge in [0.15, 0.2) is 0 Å². The molecular formula is C22H27FN4O3. The molecule has 3 fully saturated rings. The van der Waals surface area contributed by atoms with Crippen LogP contribution >= 0.6 is 0 Å². The fourth-order valence-corrected chi connectivity index (χ4v) is 5.08. The van der Waals surface area contributed by atoms with Gasteiger partial charge in [-0.1, -0.05) is 6.07 Å². The summed E-state index contributed by atoms with van der Waals surface area (Å²) in [5.74, 6) is 1.22. The number of amides is 1. The molecule has 3 saturated heterocycles. The summed E-state index contributed by atoms with van der Waals surface area (Å²) in [7, 11) is 2.07. The van der Waals surface area contributed by atoms with E-state index in [1.165, 1.54) is 6.07 Å². The third kappa shape index (κ3) is 3.41. The van der Waals surface area contributed by atoms with E-state index in [1.807, 2.05) is 4.90 Å². The molecule has 1 aromatic heterocycles. The molecule has 0 aliphatic carbocycles. The van der Waals surface area contributed by atoms with Crippen molar-refractivity contribution in [1.82, 2.24) is 20.0 Å². The van der Waals surface area contributed by atoms with E-state index in [1.54, 1.807) is 19.1 Å². The summed E-state index contributed by atoms with van der Waals surface area (Å²) < 4.78 is 25.3. The van der Waals surface area contributed by atoms with Crippen molar-refractivity contribution >= 4 is 5.91 Å². The summed E-state index contributed by atoms with van der Waals surface area (Å²) >= 11 is 0. The molecule has 1 aromatic carbocycles. The van der Waals surface area contributed by atoms with Crippen LogP contribution in [0.4, 0.5) is 4.39 Å². The van der Waals surface area contributed by atoms with Crippen molar-refractivity contribution in [3.05, 3.63) is 46.9 Å². The second kappa shape index (κ2) is 7.42. The van der Waals surface area contributed by atoms with Gasteiger partial charge in [-0.2, -0.15) is 0 Å². The summed E-state index contributed by atoms with van der Waals surface area (Å²) in [4.78, 5) is 16.8. The summed E-state index contributed by atoms with van der Waals surface area (Å²) in [6.45, 7) is 5.39. The van der Waals surface area contributed by atoms with Gasteiger partial charge < -0.3 is 14.1 Å². The summed E-state index contributed by atoms with van der Waals surface area (Å²) in [5, 5.41) is 8.66. The highest BCUT2D eigenvalue weighted by Gasteiger charge is 2.53. The van der Waals surface area contributed by atoms with Crippen LogP contribution < -0.4 is 0 Å². The predicted molar refractivity (Wildman–Crippen MR) is 107 cm³/mol. The summed E-state index contributed by atoms with van der Waals surface area (Å²) in [6.07, 6.45) is 2.72. The zero-order chi connectivity index (χ0) is 20.9. The minimum absolute atomic E-state index is 0.0334. The number of likely N-dealkylation sites (tertiary alicyclic amines) is 2. The van der Waals surface area contributed by atoms with Gasteiger partial charge in [-0.05, 0) is 50.9 Å². The maximum Gasteiger partial charge on any atom is 0.253 e. The molecule has 1 spiro atoms. The van der Waals surface area contributed by atoms with Gasteiger partial charge in [-0.25, -0.2) is 4.39 Å². The largest absolute Gasteiger partial charge is 0.423 e. The molecule has 0 saturated carbocycles. The third-order valence-corrected chi connectivity index (χ3v) is 6.81. The minimum atomic E-state index is -0.339. The van der Waals surface area contributed by atoms with E-state index in [0.29, 0.717) is 30.1 Å². The molecule has 7 nitrogen and oxygen atoms in total. The molecule has 160 valence electrons. The number of nitrogens with zero attached hydrogens (tertiary/aromatic N) is 4. The van der Waals surface area contributed by atoms with Crippen molar-refractivity contribution < 1.29 is 18.3 Å². The summed E-state index contributed by atoms with van der Waals surface area (Å²) in [6, 6.07) is 4.76. The fraction of sp³-hybridized carbons (Fsp3) is 0.591. The van der Waals surface area contributed by atoms with Gasteiger partial charge in [0.25, 0.3) is 5.91 Å². The number of hydrogen-bond donors (Lipinski definition) is 0. The van der Waals surface area contributed by atoms with Gasteiger partial charge in [0.05, 0.1) is 6.04 Å². The molecule has 2 aromatic rings. The number of aryl methyl sites for hydroxylation is 1. The lowest BCUT2D eigenvalue weighted by Crippen LogP contribution is -2.59. The number of halogens is 1. The monoisotopic (exact) mass is 414 g/mol. The van der Waals surface area contributed by atoms with Crippen LogP contribution in [0.15, 0.2) is 22.6 Å². The average Bonchev–Trinajstić information content (AvgIpc) is 3.34. The van der Waals surface area contributed by atoms with Crippen LogP contribution in [-0.2, 0) is 4.74 Å². The third-order valence-electron chi connectivity index (χ3n) is 6.81. The fourth-order valence-electron chi connectivity index (χ4n) is 5.08. The number of rotatable bonds is 3. The Labute approximate surface area is 175 Å². The molecule has 1 atom stereocenters. The Bertz CT molecular complexity index is 950. The number of ether oxygens (including phenoxy) is 1. The van der Waals surface area contributed by atoms with E-state index in [0.717, 1.165) is 44.9 Å². The molecule has 0 N–H and O–H groups in total. The number of benzene rings is 1. The van der Waals surface area contributed by atoms with Crippen LogP contribution in [0.2, 0.25) is 0 Å². The number of hydrogen-bond acceptors (Lipinski definition) is 6. The first-order chi connectivity index (χ1) is 14.4. The van der Waals surface area contributed by atoms with Crippen molar-refractivity contribution in [2.75, 3.05) is 39.9 Å². The van der Waals surface area contributed by atoms with E-state index in [2.05, 4.69) is 22.1 Å². The molecule has 0 bridgehead atoms. The Balaban J connectivity index is 1.24. The van der Waals surface area contributed by atoms with E-state index in [4.69, 9.17) is 9.15 Å². The first-order valence-electron chi connectivity index (χ1n) is 10.6. The molecule has 5 rings (SSSR count). The molecule has 30 heavy (non-hydrogen) atoms. The van der Waals surface area contributed by atoms with Gasteiger partial charge in [-0.15, -0.1) is 10.2 Å². The van der Waals surface area contributed by atoms with Crippen molar-refractivity contribution in [2.45, 2.75) is 38.1 Å². The Morgan fingerprint density at radius 1 is 1.17 bits per heavy atom. The van der Waals surface area contributed by atoms with Crippen LogP contribution in [-0.4, -0.2) is 65.8 Å². The van der Waals surface area contributed by atoms with Gasteiger partial charge in [0, 0.05) is 49.7 Å². The Hall–Kier alpha value is -2.32. The topological polar surface area (TPSA) is 71.7 Å². The lowest BCUT2D eigenvalue weighted by atomic mass is 9.77. The standard InChI is InChI=1S/C22H27FN4O3/c1-14-3-4-16(9-17(14)23)21(28)27-12-22(13-27)10-18(26(2)11-22)20-25-24-19(30-20)15-5-7-29-8-6-15/h3-4,9,15,18H,5-8,10-13H2,1-2H3. The highest BCUT2D eigenvalue weighted by molar-refractivity contribution is 5.95. The zero-order valence-corrected chi connectivity index (χ0v) is 17.4. The van der Waals surface area contributed by atoms with Crippen molar-refractivity contribution in [2.24, 2.45) is 5.41 Å². The maximum absolute atomic E-state index is 13.8. The van der Waals surface area contributed by atoms with Crippen LogP contribution in [0.25, 0.3) is 0 Å². The van der Waals surface area contributed by atoms with Crippen molar-refractivity contribution in [3.8, 4) is 0 Å². The maximum atomic E-state index is 13.8. The minimum Gasteiger partial charge on any atom is -0.423 e. The number of carbonyl (C=O) groups excluding carboxylic acids is 1. The van der Waals surface area contributed by atoms with Crippen LogP contribution in [0.1, 0.15) is 58.9 Å². The van der Waals surface area contributed by atoms with Crippen LogP contribution in [0, 0.1) is 18.2 Å². The van der Waals surface area contributed by atoms with Gasteiger partial charge in [0.1, 0.15) is 5.82 Å². The number of aromatic nitrogens is 2. The Morgan fingerprint density at radius 2 is 1.90 bits per heavy atom. The summed E-state index contributed by atoms with van der Waals surface area (Å²) in [5.41, 5.74) is 0.992. The molecular weight excluding hydrogens is 387 g/mol. The smallest absolute Gasteiger partial charge is 0.253 e. The Morgan fingerprint density at radius 3 is 2.63 bits per heavy atom. The van der Waals surface area contributed by atoms with E-state index in [9.17, 15) is 9.18 Å². The molecule has 1 unspecified atom stereocenters. The van der Waals surface area contributed by atoms with Gasteiger partial charge in [-0.3, -0.25) is 9.69 Å². The second-order valence-electron chi connectivity index (χ2n) is 9.13. The van der Waals surface area contributed by atoms with E-state index < -0.39 is 0 Å². The zero-order valence-electron chi connectivity index (χ0n) is 17.4. The molecule has 3 aliphatic rings. The SMILES string of the molecule is Cc1ccc(C(=O)N2CC3(CC(c4nnc(C5CCOCC5)o4)N(C)C3)C2)cc1F. The molecule has 4 heterocycles. The molecule has 1 amide bonds. The quantitative estimate of drug-likeness (QED) is 0.769. The first-order valence-corrected chi connectivity index (χ1v) is 10.6. The molecule has 0 radical (unpaired) electrons. The predicted octanol–water partition coefficient (Wildman–Crippen LogP) is 2.93. The normalized spacial score (nSPS) is 24.4. The lowest BCUT2D eigenvalue weighted by molar-refractivity contribution is 0.0114. The van der Waals surface area contributed by atoms with Crippen molar-refractivity contribution in [1.29, 1.82) is 0 Å². The molecule has 8 heteroatoms. The second-order valence-corrected chi connectivity index (χ2v) is 9.13. The first kappa shape index (κ1) is 19.6. The van der Waals surface area contributed by atoms with E-state index in [-0.39, 0.29) is 29.1 Å². The lowest BCUT2D eigenvalue weighted by Gasteiger charge is -2.48. The van der Waals surface area contributed by atoms with Crippen LogP contribution in [0.3, 0.4) is 0 Å². The van der Waals surface area contributed by atoms with Gasteiger partial charge in [0.2, 0.25) is 11.8 Å². The number of carbonyl (C=O) groups is 1. The molecule has 3 aliphatic heterocycles. The highest BCUT2D eigenvalue weighted by atomic mass is 19.1. The highest BCUT2D eigenvalue weighted by Crippen LogP contribution is 2.48. The van der Waals surface area contributed by atoms with Crippen molar-refractivity contribution in [3.63, 3.8) is 0 Å². The average molecular weight is 414 g/mol.